The average molecular weight is 252 g/mol. The molecule has 6 nitrogen and oxygen atoms in total. The predicted molar refractivity (Wildman–Crippen MR) is 62.9 cm³/mol. The number of carbonyl (C=O) groups is 2. The van der Waals surface area contributed by atoms with E-state index in [4.69, 9.17) is 9.52 Å². The van der Waals surface area contributed by atoms with E-state index >= 15 is 0 Å². The molecule has 1 saturated carbocycles. The van der Waals surface area contributed by atoms with Crippen molar-refractivity contribution in [3.63, 3.8) is 0 Å². The number of rotatable bonds is 6. The van der Waals surface area contributed by atoms with Crippen molar-refractivity contribution in [2.75, 3.05) is 13.1 Å². The number of furan rings is 1. The van der Waals surface area contributed by atoms with Crippen LogP contribution < -0.4 is 5.32 Å². The van der Waals surface area contributed by atoms with Crippen molar-refractivity contribution in [2.24, 2.45) is 5.92 Å². The third kappa shape index (κ3) is 3.80. The summed E-state index contributed by atoms with van der Waals surface area (Å²) >= 11 is 0. The summed E-state index contributed by atoms with van der Waals surface area (Å²) < 4.78 is 5.09. The van der Waals surface area contributed by atoms with Gasteiger partial charge in [-0.1, -0.05) is 0 Å². The van der Waals surface area contributed by atoms with Gasteiger partial charge in [-0.2, -0.15) is 0 Å². The number of nitrogens with one attached hydrogen (secondary N) is 1. The number of carboxylic acid groups (broad SMARTS) is 1. The topological polar surface area (TPSA) is 82.8 Å². The van der Waals surface area contributed by atoms with Crippen LogP contribution in [0.4, 0.5) is 4.79 Å². The number of nitrogens with zero attached hydrogens (tertiary/aromatic N) is 1. The zero-order chi connectivity index (χ0) is 13.0. The smallest absolute Gasteiger partial charge is 0.323 e. The molecule has 0 saturated heterocycles. The number of amides is 2. The molecule has 0 unspecified atom stereocenters. The quantitative estimate of drug-likeness (QED) is 0.799. The van der Waals surface area contributed by atoms with Crippen molar-refractivity contribution in [3.8, 4) is 0 Å². The van der Waals surface area contributed by atoms with Gasteiger partial charge in [-0.25, -0.2) is 4.79 Å². The highest BCUT2D eigenvalue weighted by Gasteiger charge is 2.27. The third-order valence-electron chi connectivity index (χ3n) is 2.78. The monoisotopic (exact) mass is 252 g/mol. The van der Waals surface area contributed by atoms with Crippen LogP contribution in [0.1, 0.15) is 18.6 Å². The van der Waals surface area contributed by atoms with Gasteiger partial charge in [0.2, 0.25) is 0 Å². The van der Waals surface area contributed by atoms with Crippen LogP contribution in [0.15, 0.2) is 22.8 Å². The lowest BCUT2D eigenvalue weighted by Gasteiger charge is -2.20. The van der Waals surface area contributed by atoms with Crippen LogP contribution in [0, 0.1) is 5.92 Å². The van der Waals surface area contributed by atoms with Crippen molar-refractivity contribution in [1.82, 2.24) is 10.2 Å². The maximum atomic E-state index is 11.8. The maximum absolute atomic E-state index is 11.8. The molecule has 1 aromatic rings. The van der Waals surface area contributed by atoms with Gasteiger partial charge in [0.15, 0.2) is 0 Å². The van der Waals surface area contributed by atoms with Crippen molar-refractivity contribution in [1.29, 1.82) is 0 Å². The molecule has 0 aliphatic heterocycles. The van der Waals surface area contributed by atoms with Crippen molar-refractivity contribution in [2.45, 2.75) is 19.4 Å². The lowest BCUT2D eigenvalue weighted by Crippen LogP contribution is -2.43. The molecule has 0 radical (unpaired) electrons. The Bertz CT molecular complexity index is 412. The van der Waals surface area contributed by atoms with E-state index in [1.807, 2.05) is 0 Å². The molecule has 1 aliphatic rings. The Balaban J connectivity index is 1.83. The minimum Gasteiger partial charge on any atom is -0.480 e. The van der Waals surface area contributed by atoms with E-state index in [0.29, 0.717) is 18.2 Å². The molecule has 0 spiro atoms. The summed E-state index contributed by atoms with van der Waals surface area (Å²) in [5.41, 5.74) is 0. The summed E-state index contributed by atoms with van der Waals surface area (Å²) in [7, 11) is 0. The molecule has 2 N–H and O–H groups in total. The largest absolute Gasteiger partial charge is 0.480 e. The third-order valence-corrected chi connectivity index (χ3v) is 2.78. The number of hydrogen-bond donors (Lipinski definition) is 2. The van der Waals surface area contributed by atoms with E-state index in [0.717, 1.165) is 12.8 Å². The number of aliphatic carboxylic acids is 1. The lowest BCUT2D eigenvalue weighted by atomic mass is 10.3. The van der Waals surface area contributed by atoms with E-state index in [-0.39, 0.29) is 19.1 Å². The van der Waals surface area contributed by atoms with Gasteiger partial charge in [-0.3, -0.25) is 4.79 Å². The number of hydrogen-bond acceptors (Lipinski definition) is 3. The maximum Gasteiger partial charge on any atom is 0.323 e. The lowest BCUT2D eigenvalue weighted by molar-refractivity contribution is -0.137. The van der Waals surface area contributed by atoms with Crippen LogP contribution in [-0.2, 0) is 11.3 Å². The normalized spacial score (nSPS) is 14.2. The van der Waals surface area contributed by atoms with Gasteiger partial charge >= 0.3 is 12.0 Å². The van der Waals surface area contributed by atoms with Crippen LogP contribution in [0.5, 0.6) is 0 Å². The molecule has 0 atom stereocenters. The molecule has 1 heterocycles. The van der Waals surface area contributed by atoms with E-state index in [1.165, 1.54) is 11.2 Å². The van der Waals surface area contributed by atoms with Gasteiger partial charge < -0.3 is 19.7 Å². The highest BCUT2D eigenvalue weighted by Crippen LogP contribution is 2.29. The van der Waals surface area contributed by atoms with Crippen LogP contribution in [0.25, 0.3) is 0 Å². The van der Waals surface area contributed by atoms with Crippen LogP contribution >= 0.6 is 0 Å². The molecule has 98 valence electrons. The summed E-state index contributed by atoms with van der Waals surface area (Å²) in [4.78, 5) is 23.9. The second-order valence-corrected chi connectivity index (χ2v) is 4.46. The van der Waals surface area contributed by atoms with Crippen LogP contribution in [0.2, 0.25) is 0 Å². The standard InChI is InChI=1S/C12H16N2O4/c15-11(16)8-14(7-9-3-4-9)12(17)13-6-10-2-1-5-18-10/h1-2,5,9H,3-4,6-8H2,(H,13,17)(H,15,16). The van der Waals surface area contributed by atoms with Crippen LogP contribution in [-0.4, -0.2) is 35.1 Å². The Morgan fingerprint density at radius 2 is 2.28 bits per heavy atom. The fraction of sp³-hybridized carbons (Fsp3) is 0.500. The minimum absolute atomic E-state index is 0.263. The molecule has 6 heteroatoms. The molecule has 0 aromatic carbocycles. The fourth-order valence-corrected chi connectivity index (χ4v) is 1.68. The first kappa shape index (κ1) is 12.5. The Hall–Kier alpha value is -1.98. The number of carboxylic acids is 1. The fourth-order valence-electron chi connectivity index (χ4n) is 1.68. The Morgan fingerprint density at radius 1 is 1.50 bits per heavy atom. The van der Waals surface area contributed by atoms with E-state index in [1.54, 1.807) is 12.1 Å². The van der Waals surface area contributed by atoms with Gasteiger partial charge in [0.25, 0.3) is 0 Å². The van der Waals surface area contributed by atoms with Crippen molar-refractivity contribution >= 4 is 12.0 Å². The summed E-state index contributed by atoms with van der Waals surface area (Å²) in [5.74, 6) is 0.104. The molecular formula is C12H16N2O4. The van der Waals surface area contributed by atoms with Crippen molar-refractivity contribution in [3.05, 3.63) is 24.2 Å². The summed E-state index contributed by atoms with van der Waals surface area (Å²) in [5, 5.41) is 11.4. The summed E-state index contributed by atoms with van der Waals surface area (Å²) in [6.45, 7) is 0.517. The highest BCUT2D eigenvalue weighted by atomic mass is 16.4. The zero-order valence-electron chi connectivity index (χ0n) is 9.96. The molecule has 1 aliphatic carbocycles. The Kier molecular flexibility index (Phi) is 3.86. The van der Waals surface area contributed by atoms with Crippen molar-refractivity contribution < 1.29 is 19.1 Å². The zero-order valence-corrected chi connectivity index (χ0v) is 9.96. The predicted octanol–water partition coefficient (Wildman–Crippen LogP) is 1.29. The second kappa shape index (κ2) is 5.57. The first-order chi connectivity index (χ1) is 8.65. The molecule has 0 bridgehead atoms. The molecule has 2 amide bonds. The average Bonchev–Trinajstić information content (AvgIpc) is 2.98. The van der Waals surface area contributed by atoms with E-state index in [2.05, 4.69) is 5.32 Å². The molecule has 1 aromatic heterocycles. The molecule has 2 rings (SSSR count). The second-order valence-electron chi connectivity index (χ2n) is 4.46. The van der Waals surface area contributed by atoms with Gasteiger partial charge in [-0.15, -0.1) is 0 Å². The number of urea groups is 1. The summed E-state index contributed by atoms with van der Waals surface area (Å²) in [6, 6.07) is 3.13. The van der Waals surface area contributed by atoms with Gasteiger partial charge in [0, 0.05) is 6.54 Å². The first-order valence-electron chi connectivity index (χ1n) is 5.92. The van der Waals surface area contributed by atoms with Crippen LogP contribution in [0.3, 0.4) is 0 Å². The van der Waals surface area contributed by atoms with Gasteiger partial charge in [-0.05, 0) is 30.9 Å². The SMILES string of the molecule is O=C(O)CN(CC1CC1)C(=O)NCc1ccco1. The first-order valence-corrected chi connectivity index (χ1v) is 5.92. The molecule has 18 heavy (non-hydrogen) atoms. The summed E-state index contributed by atoms with van der Waals surface area (Å²) in [6.07, 6.45) is 3.67. The minimum atomic E-state index is -0.996. The Morgan fingerprint density at radius 3 is 2.83 bits per heavy atom. The highest BCUT2D eigenvalue weighted by molar-refractivity contribution is 5.80. The number of carbonyl (C=O) groups excluding carboxylic acids is 1. The molecular weight excluding hydrogens is 236 g/mol. The van der Waals surface area contributed by atoms with E-state index < -0.39 is 5.97 Å². The van der Waals surface area contributed by atoms with Gasteiger partial charge in [0.05, 0.1) is 12.8 Å². The molecule has 1 fully saturated rings. The Labute approximate surface area is 105 Å². The van der Waals surface area contributed by atoms with Gasteiger partial charge in [0.1, 0.15) is 12.3 Å². The van der Waals surface area contributed by atoms with E-state index in [9.17, 15) is 9.59 Å².